The van der Waals surface area contributed by atoms with Crippen LogP contribution in [0.5, 0.6) is 0 Å². The Morgan fingerprint density at radius 1 is 1.29 bits per heavy atom. The van der Waals surface area contributed by atoms with Crippen molar-refractivity contribution in [2.45, 2.75) is 57.9 Å². The molecule has 2 atom stereocenters. The molecule has 114 valence electrons. The van der Waals surface area contributed by atoms with E-state index in [0.717, 1.165) is 24.0 Å². The van der Waals surface area contributed by atoms with Crippen LogP contribution >= 0.6 is 0 Å². The van der Waals surface area contributed by atoms with Gasteiger partial charge in [-0.05, 0) is 49.7 Å². The van der Waals surface area contributed by atoms with E-state index in [9.17, 15) is 9.90 Å². The Bertz CT molecular complexity index is 542. The third kappa shape index (κ3) is 2.76. The maximum Gasteiger partial charge on any atom is 0.335 e. The van der Waals surface area contributed by atoms with Crippen molar-refractivity contribution in [1.29, 1.82) is 0 Å². The van der Waals surface area contributed by atoms with Crippen molar-refractivity contribution in [3.05, 3.63) is 23.4 Å². The molecule has 1 N–H and O–H groups in total. The molecule has 4 nitrogen and oxygen atoms in total. The van der Waals surface area contributed by atoms with E-state index in [4.69, 9.17) is 4.98 Å². The normalized spacial score (nSPS) is 25.2. The number of nitrogens with zero attached hydrogens (tertiary/aromatic N) is 2. The average Bonchev–Trinajstić information content (AvgIpc) is 2.94. The molecule has 2 unspecified atom stereocenters. The molecule has 1 aromatic rings. The summed E-state index contributed by atoms with van der Waals surface area (Å²) in [7, 11) is 0. The lowest BCUT2D eigenvalue weighted by Crippen LogP contribution is -2.43. The van der Waals surface area contributed by atoms with Gasteiger partial charge in [0.25, 0.3) is 0 Å². The number of fused-ring (bicyclic) bond motifs is 1. The van der Waals surface area contributed by atoms with Gasteiger partial charge in [-0.2, -0.15) is 0 Å². The van der Waals surface area contributed by atoms with Gasteiger partial charge in [0.05, 0.1) is 5.56 Å². The van der Waals surface area contributed by atoms with Crippen LogP contribution in [-0.4, -0.2) is 28.6 Å². The molecular weight excluding hydrogens is 264 g/mol. The summed E-state index contributed by atoms with van der Waals surface area (Å²) in [5.74, 6) is 1.03. The van der Waals surface area contributed by atoms with Crippen LogP contribution in [0.1, 0.15) is 67.9 Å². The van der Waals surface area contributed by atoms with Gasteiger partial charge in [0.1, 0.15) is 5.82 Å². The molecule has 2 aliphatic rings. The first kappa shape index (κ1) is 14.4. The molecule has 0 bridgehead atoms. The van der Waals surface area contributed by atoms with E-state index in [0.29, 0.717) is 11.6 Å². The second-order valence-electron chi connectivity index (χ2n) is 6.69. The van der Waals surface area contributed by atoms with Gasteiger partial charge in [-0.15, -0.1) is 0 Å². The largest absolute Gasteiger partial charge is 0.478 e. The lowest BCUT2D eigenvalue weighted by Gasteiger charge is -2.39. The third-order valence-electron chi connectivity index (χ3n) is 4.96. The van der Waals surface area contributed by atoms with E-state index in [1.807, 2.05) is 0 Å². The van der Waals surface area contributed by atoms with E-state index in [1.54, 1.807) is 12.1 Å². The topological polar surface area (TPSA) is 53.4 Å². The number of pyridine rings is 1. The van der Waals surface area contributed by atoms with Gasteiger partial charge in [-0.25, -0.2) is 9.78 Å². The minimum absolute atomic E-state index is 0.243. The highest BCUT2D eigenvalue weighted by Gasteiger charge is 2.35. The predicted molar refractivity (Wildman–Crippen MR) is 83.0 cm³/mol. The Balaban J connectivity index is 1.98. The molecule has 4 heteroatoms. The molecule has 2 fully saturated rings. The average molecular weight is 288 g/mol. The summed E-state index contributed by atoms with van der Waals surface area (Å²) in [5.41, 5.74) is 1.24. The number of carboxylic acids is 1. The van der Waals surface area contributed by atoms with Crippen molar-refractivity contribution in [3.63, 3.8) is 0 Å². The number of aromatic nitrogens is 1. The van der Waals surface area contributed by atoms with Crippen LogP contribution in [0.2, 0.25) is 0 Å². The summed E-state index contributed by atoms with van der Waals surface area (Å²) in [5, 5.41) is 9.35. The highest BCUT2D eigenvalue weighted by molar-refractivity contribution is 5.88. The maximum atomic E-state index is 11.4. The molecule has 3 rings (SSSR count). The van der Waals surface area contributed by atoms with Gasteiger partial charge in [0.15, 0.2) is 0 Å². The molecule has 0 spiro atoms. The summed E-state index contributed by atoms with van der Waals surface area (Å²) in [6.45, 7) is 5.13. The van der Waals surface area contributed by atoms with E-state index in [2.05, 4.69) is 18.7 Å². The van der Waals surface area contributed by atoms with E-state index < -0.39 is 5.97 Å². The molecule has 0 aromatic carbocycles. The Morgan fingerprint density at radius 2 is 2.05 bits per heavy atom. The first-order chi connectivity index (χ1) is 10.1. The Labute approximate surface area is 126 Å². The van der Waals surface area contributed by atoms with Crippen molar-refractivity contribution in [3.8, 4) is 0 Å². The number of hydrogen-bond acceptors (Lipinski definition) is 3. The summed E-state index contributed by atoms with van der Waals surface area (Å²) in [6.07, 6.45) is 6.34. The fraction of sp³-hybridized carbons (Fsp3) is 0.647. The van der Waals surface area contributed by atoms with E-state index >= 15 is 0 Å². The Morgan fingerprint density at radius 3 is 2.76 bits per heavy atom. The SMILES string of the molecule is CC(C)c1cc(C(=O)O)cc(N2CCCC3CCCC32)n1. The standard InChI is InChI=1S/C17H24N2O2/c1-11(2)14-9-13(17(20)21)10-16(18-14)19-8-4-6-12-5-3-7-15(12)19/h9-12,15H,3-8H2,1-2H3,(H,20,21). The minimum Gasteiger partial charge on any atom is -0.478 e. The van der Waals surface area contributed by atoms with E-state index in [-0.39, 0.29) is 5.92 Å². The predicted octanol–water partition coefficient (Wildman–Crippen LogP) is 3.67. The zero-order valence-corrected chi connectivity index (χ0v) is 12.9. The highest BCUT2D eigenvalue weighted by Crippen LogP contribution is 2.39. The second-order valence-corrected chi connectivity index (χ2v) is 6.69. The smallest absolute Gasteiger partial charge is 0.335 e. The molecular formula is C17H24N2O2. The van der Waals surface area contributed by atoms with Crippen LogP contribution < -0.4 is 4.90 Å². The molecule has 0 radical (unpaired) electrons. The van der Waals surface area contributed by atoms with Gasteiger partial charge in [-0.3, -0.25) is 0 Å². The Hall–Kier alpha value is -1.58. The molecule has 1 aliphatic carbocycles. The van der Waals surface area contributed by atoms with Crippen LogP contribution in [0.4, 0.5) is 5.82 Å². The molecule has 1 aromatic heterocycles. The second kappa shape index (κ2) is 5.66. The lowest BCUT2D eigenvalue weighted by atomic mass is 9.92. The number of aromatic carboxylic acids is 1. The Kier molecular flexibility index (Phi) is 3.87. The molecule has 2 heterocycles. The van der Waals surface area contributed by atoms with Crippen molar-refractivity contribution in [2.24, 2.45) is 5.92 Å². The van der Waals surface area contributed by atoms with Crippen LogP contribution in [0.25, 0.3) is 0 Å². The summed E-state index contributed by atoms with van der Waals surface area (Å²) >= 11 is 0. The van der Waals surface area contributed by atoms with Gasteiger partial charge in [0, 0.05) is 18.3 Å². The van der Waals surface area contributed by atoms with Gasteiger partial charge in [0.2, 0.25) is 0 Å². The molecule has 1 saturated heterocycles. The summed E-state index contributed by atoms with van der Waals surface area (Å²) in [4.78, 5) is 18.5. The number of anilines is 1. The number of hydrogen-bond donors (Lipinski definition) is 1. The van der Waals surface area contributed by atoms with E-state index in [1.165, 1.54) is 32.1 Å². The molecule has 0 amide bonds. The number of rotatable bonds is 3. The van der Waals surface area contributed by atoms with Gasteiger partial charge < -0.3 is 10.0 Å². The first-order valence-corrected chi connectivity index (χ1v) is 8.08. The molecule has 21 heavy (non-hydrogen) atoms. The third-order valence-corrected chi connectivity index (χ3v) is 4.96. The van der Waals surface area contributed by atoms with Crippen molar-refractivity contribution in [1.82, 2.24) is 4.98 Å². The molecule has 1 aliphatic heterocycles. The van der Waals surface area contributed by atoms with Crippen molar-refractivity contribution >= 4 is 11.8 Å². The van der Waals surface area contributed by atoms with Gasteiger partial charge in [-0.1, -0.05) is 20.3 Å². The summed E-state index contributed by atoms with van der Waals surface area (Å²) < 4.78 is 0. The van der Waals surface area contributed by atoms with Crippen LogP contribution in [0.3, 0.4) is 0 Å². The van der Waals surface area contributed by atoms with Crippen LogP contribution in [0.15, 0.2) is 12.1 Å². The fourth-order valence-corrected chi connectivity index (χ4v) is 3.84. The quantitative estimate of drug-likeness (QED) is 0.922. The zero-order valence-electron chi connectivity index (χ0n) is 12.9. The zero-order chi connectivity index (χ0) is 15.0. The number of piperidine rings is 1. The van der Waals surface area contributed by atoms with Crippen molar-refractivity contribution in [2.75, 3.05) is 11.4 Å². The fourth-order valence-electron chi connectivity index (χ4n) is 3.84. The highest BCUT2D eigenvalue weighted by atomic mass is 16.4. The van der Waals surface area contributed by atoms with Crippen molar-refractivity contribution < 1.29 is 9.90 Å². The summed E-state index contributed by atoms with van der Waals surface area (Å²) in [6, 6.07) is 4.04. The van der Waals surface area contributed by atoms with Crippen LogP contribution in [-0.2, 0) is 0 Å². The first-order valence-electron chi connectivity index (χ1n) is 8.08. The molecule has 1 saturated carbocycles. The maximum absolute atomic E-state index is 11.4. The van der Waals surface area contributed by atoms with Gasteiger partial charge >= 0.3 is 5.97 Å². The minimum atomic E-state index is -0.861. The lowest BCUT2D eigenvalue weighted by molar-refractivity contribution is 0.0696. The number of carboxylic acid groups (broad SMARTS) is 1. The van der Waals surface area contributed by atoms with Crippen LogP contribution in [0, 0.1) is 5.92 Å². The monoisotopic (exact) mass is 288 g/mol. The number of carbonyl (C=O) groups is 1.